The lowest BCUT2D eigenvalue weighted by Gasteiger charge is -2.28. The van der Waals surface area contributed by atoms with Gasteiger partial charge in [-0.15, -0.1) is 11.3 Å². The van der Waals surface area contributed by atoms with E-state index in [1.807, 2.05) is 0 Å². The van der Waals surface area contributed by atoms with Crippen LogP contribution < -0.4 is 16.6 Å². The fraction of sp³-hybridized carbons (Fsp3) is 0.381. The molecule has 6 nitrogen and oxygen atoms in total. The lowest BCUT2D eigenvalue weighted by atomic mass is 9.81. The molecule has 1 aliphatic carbocycles. The van der Waals surface area contributed by atoms with Crippen molar-refractivity contribution in [1.29, 1.82) is 0 Å². The molecule has 3 aromatic rings. The molecule has 10 heteroatoms. The monoisotopic (exact) mass is 451 g/mol. The van der Waals surface area contributed by atoms with Gasteiger partial charge in [0.05, 0.1) is 11.1 Å². The number of nitrogens with one attached hydrogen (secondary N) is 2. The molecule has 2 heterocycles. The molecule has 0 aliphatic heterocycles. The van der Waals surface area contributed by atoms with E-state index < -0.39 is 17.4 Å². The zero-order valence-electron chi connectivity index (χ0n) is 16.4. The Morgan fingerprint density at radius 2 is 1.90 bits per heavy atom. The van der Waals surface area contributed by atoms with Crippen LogP contribution in [0.5, 0.6) is 0 Å². The summed E-state index contributed by atoms with van der Waals surface area (Å²) in [5.74, 6) is -0.554. The minimum atomic E-state index is -4.47. The van der Waals surface area contributed by atoms with Gasteiger partial charge in [-0.25, -0.2) is 4.79 Å². The first kappa shape index (κ1) is 21.4. The Labute approximate surface area is 178 Å². The predicted molar refractivity (Wildman–Crippen MR) is 112 cm³/mol. The quantitative estimate of drug-likeness (QED) is 0.623. The van der Waals surface area contributed by atoms with Crippen LogP contribution in [0.3, 0.4) is 0 Å². The SMILES string of the molecule is O=C(Nc1cccc(C(F)(F)F)c1)C1CCC(Cn2c(=O)[nH]c3ccsc3c2=O)CC1. The lowest BCUT2D eigenvalue weighted by Crippen LogP contribution is -2.38. The number of thiophene rings is 1. The van der Waals surface area contributed by atoms with Crippen molar-refractivity contribution < 1.29 is 18.0 Å². The fourth-order valence-corrected chi connectivity index (χ4v) is 4.82. The normalized spacial score (nSPS) is 19.5. The molecule has 1 saturated carbocycles. The number of hydrogen-bond donors (Lipinski definition) is 2. The Kier molecular flexibility index (Phi) is 5.74. The summed E-state index contributed by atoms with van der Waals surface area (Å²) in [5, 5.41) is 4.33. The number of hydrogen-bond acceptors (Lipinski definition) is 4. The third-order valence-electron chi connectivity index (χ3n) is 5.71. The van der Waals surface area contributed by atoms with Crippen LogP contribution in [-0.4, -0.2) is 15.5 Å². The average Bonchev–Trinajstić information content (AvgIpc) is 3.19. The number of nitrogens with zero attached hydrogens (tertiary/aromatic N) is 1. The molecule has 31 heavy (non-hydrogen) atoms. The van der Waals surface area contributed by atoms with Crippen LogP contribution in [0.25, 0.3) is 10.2 Å². The molecule has 1 amide bonds. The van der Waals surface area contributed by atoms with Crippen LogP contribution in [0.4, 0.5) is 18.9 Å². The Balaban J connectivity index is 1.37. The second-order valence-corrected chi connectivity index (χ2v) is 8.71. The maximum Gasteiger partial charge on any atom is 0.416 e. The predicted octanol–water partition coefficient (Wildman–Crippen LogP) is 4.22. The standard InChI is InChI=1S/C21H20F3N3O3S/c22-21(23,24)14-2-1-3-15(10-14)25-18(28)13-6-4-12(5-7-13)11-27-19(29)17-16(8-9-31-17)26-20(27)30/h1-3,8-10,12-13H,4-7,11H2,(H,25,28)(H,26,30). The summed E-state index contributed by atoms with van der Waals surface area (Å²) in [6, 6.07) is 6.26. The van der Waals surface area contributed by atoms with E-state index in [1.54, 1.807) is 11.4 Å². The molecule has 0 saturated heterocycles. The molecule has 0 unspecified atom stereocenters. The highest BCUT2D eigenvalue weighted by Crippen LogP contribution is 2.32. The number of carbonyl (C=O) groups excluding carboxylic acids is 1. The molecule has 0 atom stereocenters. The first-order valence-electron chi connectivity index (χ1n) is 9.91. The number of aromatic amines is 1. The van der Waals surface area contributed by atoms with Crippen LogP contribution in [0.15, 0.2) is 45.3 Å². The number of halogens is 3. The number of H-pyrrole nitrogens is 1. The third kappa shape index (κ3) is 4.58. The number of fused-ring (bicyclic) bond motifs is 1. The molecule has 2 N–H and O–H groups in total. The number of carbonyl (C=O) groups is 1. The molecular formula is C21H20F3N3O3S. The van der Waals surface area contributed by atoms with Crippen LogP contribution >= 0.6 is 11.3 Å². The summed E-state index contributed by atoms with van der Waals surface area (Å²) >= 11 is 1.28. The minimum Gasteiger partial charge on any atom is -0.326 e. The van der Waals surface area contributed by atoms with Gasteiger partial charge in [-0.3, -0.25) is 14.2 Å². The summed E-state index contributed by atoms with van der Waals surface area (Å²) < 4.78 is 40.3. The summed E-state index contributed by atoms with van der Waals surface area (Å²) in [5.41, 5.74) is -0.915. The number of alkyl halides is 3. The molecule has 2 aromatic heterocycles. The van der Waals surface area contributed by atoms with Crippen molar-refractivity contribution in [1.82, 2.24) is 9.55 Å². The van der Waals surface area contributed by atoms with E-state index in [1.165, 1.54) is 28.0 Å². The Morgan fingerprint density at radius 1 is 1.16 bits per heavy atom. The van der Waals surface area contributed by atoms with Gasteiger partial charge in [-0.2, -0.15) is 13.2 Å². The summed E-state index contributed by atoms with van der Waals surface area (Å²) in [6.07, 6.45) is -2.09. The van der Waals surface area contributed by atoms with Crippen molar-refractivity contribution in [3.8, 4) is 0 Å². The number of benzene rings is 1. The van der Waals surface area contributed by atoms with Gasteiger partial charge in [0.1, 0.15) is 4.70 Å². The smallest absolute Gasteiger partial charge is 0.326 e. The van der Waals surface area contributed by atoms with E-state index in [4.69, 9.17) is 0 Å². The van der Waals surface area contributed by atoms with Crippen LogP contribution in [0, 0.1) is 11.8 Å². The highest BCUT2D eigenvalue weighted by atomic mass is 32.1. The molecule has 4 rings (SSSR count). The zero-order valence-corrected chi connectivity index (χ0v) is 17.2. The first-order valence-corrected chi connectivity index (χ1v) is 10.8. The summed E-state index contributed by atoms with van der Waals surface area (Å²) in [4.78, 5) is 40.1. The largest absolute Gasteiger partial charge is 0.416 e. The Morgan fingerprint density at radius 3 is 2.61 bits per heavy atom. The van der Waals surface area contributed by atoms with E-state index in [0.29, 0.717) is 35.9 Å². The fourth-order valence-electron chi connectivity index (χ4n) is 4.02. The molecule has 1 fully saturated rings. The van der Waals surface area contributed by atoms with Crippen LogP contribution in [0.2, 0.25) is 0 Å². The topological polar surface area (TPSA) is 84.0 Å². The van der Waals surface area contributed by atoms with Gasteiger partial charge >= 0.3 is 11.9 Å². The van der Waals surface area contributed by atoms with E-state index in [2.05, 4.69) is 10.3 Å². The Bertz CT molecular complexity index is 1220. The van der Waals surface area contributed by atoms with Crippen molar-refractivity contribution in [3.63, 3.8) is 0 Å². The van der Waals surface area contributed by atoms with E-state index in [0.717, 1.165) is 12.1 Å². The third-order valence-corrected chi connectivity index (χ3v) is 6.61. The van der Waals surface area contributed by atoms with Gasteiger partial charge < -0.3 is 10.3 Å². The van der Waals surface area contributed by atoms with E-state index in [-0.39, 0.29) is 35.5 Å². The van der Waals surface area contributed by atoms with Crippen molar-refractivity contribution in [3.05, 3.63) is 62.1 Å². The molecular weight excluding hydrogens is 431 g/mol. The molecule has 0 radical (unpaired) electrons. The zero-order chi connectivity index (χ0) is 22.2. The van der Waals surface area contributed by atoms with Crippen molar-refractivity contribution in [2.75, 3.05) is 5.32 Å². The van der Waals surface area contributed by atoms with Crippen molar-refractivity contribution in [2.24, 2.45) is 11.8 Å². The number of rotatable bonds is 4. The van der Waals surface area contributed by atoms with E-state index in [9.17, 15) is 27.6 Å². The summed E-state index contributed by atoms with van der Waals surface area (Å²) in [7, 11) is 0. The minimum absolute atomic E-state index is 0.0776. The van der Waals surface area contributed by atoms with Gasteiger partial charge in [0.25, 0.3) is 5.56 Å². The average molecular weight is 451 g/mol. The van der Waals surface area contributed by atoms with Gasteiger partial charge in [-0.1, -0.05) is 6.07 Å². The van der Waals surface area contributed by atoms with Gasteiger partial charge in [-0.05, 0) is 61.2 Å². The van der Waals surface area contributed by atoms with E-state index >= 15 is 0 Å². The molecule has 1 aromatic carbocycles. The van der Waals surface area contributed by atoms with Crippen molar-refractivity contribution in [2.45, 2.75) is 38.4 Å². The first-order chi connectivity index (χ1) is 14.7. The second-order valence-electron chi connectivity index (χ2n) is 7.79. The highest BCUT2D eigenvalue weighted by Gasteiger charge is 2.31. The maximum atomic E-state index is 12.8. The van der Waals surface area contributed by atoms with Gasteiger partial charge in [0, 0.05) is 18.2 Å². The molecule has 0 spiro atoms. The molecule has 0 bridgehead atoms. The highest BCUT2D eigenvalue weighted by molar-refractivity contribution is 7.17. The Hall–Kier alpha value is -2.88. The summed E-state index contributed by atoms with van der Waals surface area (Å²) in [6.45, 7) is 0.282. The number of anilines is 1. The molecule has 164 valence electrons. The lowest BCUT2D eigenvalue weighted by molar-refractivity contribution is -0.137. The van der Waals surface area contributed by atoms with Crippen LogP contribution in [0.1, 0.15) is 31.2 Å². The number of amides is 1. The van der Waals surface area contributed by atoms with Gasteiger partial charge in [0.15, 0.2) is 0 Å². The van der Waals surface area contributed by atoms with Gasteiger partial charge in [0.2, 0.25) is 5.91 Å². The number of aromatic nitrogens is 2. The van der Waals surface area contributed by atoms with Crippen molar-refractivity contribution >= 4 is 33.1 Å². The second kappa shape index (κ2) is 8.33. The molecule has 1 aliphatic rings. The maximum absolute atomic E-state index is 12.8. The van der Waals surface area contributed by atoms with Crippen LogP contribution in [-0.2, 0) is 17.5 Å².